The summed E-state index contributed by atoms with van der Waals surface area (Å²) < 4.78 is 0. The second kappa shape index (κ2) is 5.55. The van der Waals surface area contributed by atoms with E-state index in [1.165, 1.54) is 12.3 Å². The number of nitrogens with one attached hydrogen (secondary N) is 2. The average Bonchev–Trinajstić information content (AvgIpc) is 2.75. The van der Waals surface area contributed by atoms with E-state index < -0.39 is 23.3 Å². The molecule has 0 aliphatic heterocycles. The van der Waals surface area contributed by atoms with E-state index in [0.717, 1.165) is 0 Å². The third kappa shape index (κ3) is 4.46. The summed E-state index contributed by atoms with van der Waals surface area (Å²) in [6.07, 6.45) is 1.61. The number of hydrogen-bond acceptors (Lipinski definition) is 3. The molecule has 1 heterocycles. The summed E-state index contributed by atoms with van der Waals surface area (Å²) in [5.41, 5.74) is 4.84. The monoisotopic (exact) mass is 267 g/mol. The topological polar surface area (TPSA) is 125 Å². The lowest BCUT2D eigenvalue weighted by Crippen LogP contribution is -2.43. The van der Waals surface area contributed by atoms with Gasteiger partial charge in [0.25, 0.3) is 5.91 Å². The smallest absolute Gasteiger partial charge is 0.303 e. The molecule has 0 fully saturated rings. The highest BCUT2D eigenvalue weighted by molar-refractivity contribution is 5.98. The molecular formula is C12H17N3O4. The number of primary amides is 1. The molecule has 0 atom stereocenters. The molecule has 0 aliphatic rings. The number of aromatic amines is 1. The zero-order valence-corrected chi connectivity index (χ0v) is 10.8. The summed E-state index contributed by atoms with van der Waals surface area (Å²) in [4.78, 5) is 36.0. The van der Waals surface area contributed by atoms with E-state index >= 15 is 0 Å². The largest absolute Gasteiger partial charge is 0.481 e. The Morgan fingerprint density at radius 3 is 2.53 bits per heavy atom. The first-order chi connectivity index (χ1) is 8.71. The van der Waals surface area contributed by atoms with Crippen molar-refractivity contribution in [3.8, 4) is 0 Å². The molecule has 0 saturated heterocycles. The Morgan fingerprint density at radius 1 is 1.42 bits per heavy atom. The number of aromatic nitrogens is 1. The summed E-state index contributed by atoms with van der Waals surface area (Å²) in [6.45, 7) is 3.46. The molecule has 5 N–H and O–H groups in total. The summed E-state index contributed by atoms with van der Waals surface area (Å²) in [6, 6.07) is 1.35. The van der Waals surface area contributed by atoms with Gasteiger partial charge in [-0.15, -0.1) is 0 Å². The minimum absolute atomic E-state index is 0.0372. The Morgan fingerprint density at radius 2 is 2.05 bits per heavy atom. The van der Waals surface area contributed by atoms with Crippen molar-refractivity contribution in [3.05, 3.63) is 23.5 Å². The van der Waals surface area contributed by atoms with Crippen LogP contribution in [0.2, 0.25) is 0 Å². The van der Waals surface area contributed by atoms with Crippen molar-refractivity contribution in [2.24, 2.45) is 5.73 Å². The van der Waals surface area contributed by atoms with Crippen LogP contribution in [0.3, 0.4) is 0 Å². The van der Waals surface area contributed by atoms with Gasteiger partial charge in [-0.05, 0) is 26.3 Å². The Labute approximate surface area is 110 Å². The van der Waals surface area contributed by atoms with Crippen LogP contribution in [0, 0.1) is 0 Å². The lowest BCUT2D eigenvalue weighted by molar-refractivity contribution is -0.137. The van der Waals surface area contributed by atoms with E-state index in [0.29, 0.717) is 6.42 Å². The molecular weight excluding hydrogens is 250 g/mol. The highest BCUT2D eigenvalue weighted by atomic mass is 16.4. The van der Waals surface area contributed by atoms with Gasteiger partial charge < -0.3 is 21.1 Å². The molecule has 19 heavy (non-hydrogen) atoms. The van der Waals surface area contributed by atoms with Gasteiger partial charge in [-0.1, -0.05) is 0 Å². The molecule has 7 nitrogen and oxygen atoms in total. The second-order valence-electron chi connectivity index (χ2n) is 4.90. The zero-order valence-electron chi connectivity index (χ0n) is 10.8. The van der Waals surface area contributed by atoms with E-state index in [-0.39, 0.29) is 17.7 Å². The molecule has 1 aromatic rings. The molecule has 104 valence electrons. The Kier molecular flexibility index (Phi) is 4.31. The van der Waals surface area contributed by atoms with Crippen molar-refractivity contribution >= 4 is 17.8 Å². The number of carbonyl (C=O) groups excluding carboxylic acids is 2. The molecule has 0 saturated carbocycles. The molecule has 0 aliphatic carbocycles. The van der Waals surface area contributed by atoms with E-state index in [2.05, 4.69) is 10.3 Å². The molecule has 1 aromatic heterocycles. The minimum Gasteiger partial charge on any atom is -0.481 e. The first-order valence-corrected chi connectivity index (χ1v) is 5.74. The van der Waals surface area contributed by atoms with Crippen LogP contribution in [-0.4, -0.2) is 33.4 Å². The van der Waals surface area contributed by atoms with Crippen LogP contribution in [0.15, 0.2) is 12.3 Å². The van der Waals surface area contributed by atoms with Crippen LogP contribution in [0.1, 0.15) is 47.5 Å². The first kappa shape index (κ1) is 14.7. The van der Waals surface area contributed by atoms with Gasteiger partial charge in [-0.2, -0.15) is 0 Å². The molecule has 0 spiro atoms. The molecule has 0 unspecified atom stereocenters. The van der Waals surface area contributed by atoms with Gasteiger partial charge in [0, 0.05) is 18.2 Å². The number of carboxylic acid groups (broad SMARTS) is 1. The van der Waals surface area contributed by atoms with Crippen molar-refractivity contribution in [1.82, 2.24) is 10.3 Å². The fraction of sp³-hybridized carbons (Fsp3) is 0.417. The Hall–Kier alpha value is -2.31. The van der Waals surface area contributed by atoms with Gasteiger partial charge in [0.15, 0.2) is 0 Å². The molecule has 0 aromatic carbocycles. The van der Waals surface area contributed by atoms with Gasteiger partial charge >= 0.3 is 5.97 Å². The van der Waals surface area contributed by atoms with Crippen LogP contribution in [0.5, 0.6) is 0 Å². The van der Waals surface area contributed by atoms with Crippen LogP contribution in [-0.2, 0) is 4.79 Å². The number of carboxylic acids is 1. The van der Waals surface area contributed by atoms with E-state index in [1.54, 1.807) is 13.8 Å². The van der Waals surface area contributed by atoms with Gasteiger partial charge in [-0.3, -0.25) is 14.4 Å². The predicted molar refractivity (Wildman–Crippen MR) is 67.7 cm³/mol. The van der Waals surface area contributed by atoms with Crippen molar-refractivity contribution in [2.45, 2.75) is 32.2 Å². The minimum atomic E-state index is -0.918. The van der Waals surface area contributed by atoms with E-state index in [4.69, 9.17) is 10.8 Å². The number of hydrogen-bond donors (Lipinski definition) is 4. The zero-order chi connectivity index (χ0) is 14.6. The van der Waals surface area contributed by atoms with Crippen LogP contribution in [0.4, 0.5) is 0 Å². The van der Waals surface area contributed by atoms with Gasteiger partial charge in [0.05, 0.1) is 5.56 Å². The van der Waals surface area contributed by atoms with E-state index in [9.17, 15) is 14.4 Å². The highest BCUT2D eigenvalue weighted by Gasteiger charge is 2.23. The number of aliphatic carboxylic acids is 1. The quantitative estimate of drug-likeness (QED) is 0.598. The maximum Gasteiger partial charge on any atom is 0.303 e. The SMILES string of the molecule is CC(C)(CCC(=O)O)NC(=O)c1cc(C(N)=O)c[nH]1. The number of nitrogens with two attached hydrogens (primary N) is 1. The summed E-state index contributed by atoms with van der Waals surface area (Å²) in [5, 5.41) is 11.3. The van der Waals surface area contributed by atoms with E-state index in [1.807, 2.05) is 0 Å². The standard InChI is InChI=1S/C12H17N3O4/c1-12(2,4-3-9(16)17)15-11(19)8-5-7(6-14-8)10(13)18/h5-6,14H,3-4H2,1-2H3,(H2,13,18)(H,15,19)(H,16,17). The molecule has 7 heteroatoms. The van der Waals surface area contributed by atoms with Crippen molar-refractivity contribution in [3.63, 3.8) is 0 Å². The highest BCUT2D eigenvalue weighted by Crippen LogP contribution is 2.13. The summed E-state index contributed by atoms with van der Waals surface area (Å²) in [7, 11) is 0. The lowest BCUT2D eigenvalue weighted by Gasteiger charge is -2.25. The second-order valence-corrected chi connectivity index (χ2v) is 4.90. The summed E-state index contributed by atoms with van der Waals surface area (Å²) in [5.74, 6) is -1.96. The van der Waals surface area contributed by atoms with Gasteiger partial charge in [0.2, 0.25) is 5.91 Å². The van der Waals surface area contributed by atoms with Gasteiger partial charge in [0.1, 0.15) is 5.69 Å². The maximum atomic E-state index is 11.9. The van der Waals surface area contributed by atoms with Crippen molar-refractivity contribution in [2.75, 3.05) is 0 Å². The first-order valence-electron chi connectivity index (χ1n) is 5.74. The van der Waals surface area contributed by atoms with Gasteiger partial charge in [-0.25, -0.2) is 0 Å². The number of H-pyrrole nitrogens is 1. The van der Waals surface area contributed by atoms with Crippen molar-refractivity contribution in [1.29, 1.82) is 0 Å². The summed E-state index contributed by atoms with van der Waals surface area (Å²) >= 11 is 0. The normalized spacial score (nSPS) is 11.1. The molecule has 0 bridgehead atoms. The number of amides is 2. The Bertz CT molecular complexity index is 505. The maximum absolute atomic E-state index is 11.9. The fourth-order valence-corrected chi connectivity index (χ4v) is 1.52. The number of carbonyl (C=O) groups is 3. The Balaban J connectivity index is 2.67. The third-order valence-electron chi connectivity index (χ3n) is 2.63. The van der Waals surface area contributed by atoms with Crippen LogP contribution < -0.4 is 11.1 Å². The molecule has 1 rings (SSSR count). The predicted octanol–water partition coefficient (Wildman–Crippen LogP) is 0.487. The third-order valence-corrected chi connectivity index (χ3v) is 2.63. The van der Waals surface area contributed by atoms with Crippen LogP contribution >= 0.6 is 0 Å². The fourth-order valence-electron chi connectivity index (χ4n) is 1.52. The van der Waals surface area contributed by atoms with Crippen molar-refractivity contribution < 1.29 is 19.5 Å². The molecule has 0 radical (unpaired) electrons. The lowest BCUT2D eigenvalue weighted by atomic mass is 9.98. The number of rotatable bonds is 6. The van der Waals surface area contributed by atoms with Crippen LogP contribution in [0.25, 0.3) is 0 Å². The average molecular weight is 267 g/mol. The molecule has 2 amide bonds.